The molecule has 128 valence electrons. The van der Waals surface area contributed by atoms with Crippen LogP contribution in [0.5, 0.6) is 0 Å². The number of aromatic amines is 1. The topological polar surface area (TPSA) is 73.6 Å². The van der Waals surface area contributed by atoms with E-state index in [-0.39, 0.29) is 11.1 Å². The number of anilines is 1. The highest BCUT2D eigenvalue weighted by molar-refractivity contribution is 6.15. The van der Waals surface area contributed by atoms with E-state index < -0.39 is 17.5 Å². The second-order valence-electron chi connectivity index (χ2n) is 5.96. The number of nitrogens with one attached hydrogen (secondary N) is 2. The lowest BCUT2D eigenvalue weighted by molar-refractivity contribution is 0.102. The van der Waals surface area contributed by atoms with Gasteiger partial charge in [-0.3, -0.25) is 4.79 Å². The van der Waals surface area contributed by atoms with Crippen LogP contribution >= 0.6 is 0 Å². The van der Waals surface area contributed by atoms with E-state index in [2.05, 4.69) is 10.3 Å². The molecule has 5 nitrogen and oxygen atoms in total. The van der Waals surface area contributed by atoms with Gasteiger partial charge in [0.1, 0.15) is 17.7 Å². The summed E-state index contributed by atoms with van der Waals surface area (Å²) in [7, 11) is 1.71. The molecule has 0 aliphatic carbocycles. The molecule has 2 aromatic heterocycles. The minimum absolute atomic E-state index is 0.0854. The average Bonchev–Trinajstić information content (AvgIpc) is 3.15. The van der Waals surface area contributed by atoms with Crippen LogP contribution in [0.25, 0.3) is 21.8 Å². The number of hydrogen-bond donors (Lipinski definition) is 2. The third-order valence-electron chi connectivity index (χ3n) is 4.34. The fourth-order valence-electron chi connectivity index (χ4n) is 3.05. The van der Waals surface area contributed by atoms with E-state index in [1.807, 2.05) is 0 Å². The molecule has 0 radical (unpaired) electrons. The van der Waals surface area contributed by atoms with Crippen molar-refractivity contribution >= 4 is 33.4 Å². The lowest BCUT2D eigenvalue weighted by atomic mass is 10.1. The van der Waals surface area contributed by atoms with Crippen molar-refractivity contribution in [1.29, 1.82) is 5.26 Å². The minimum Gasteiger partial charge on any atom is -0.359 e. The highest BCUT2D eigenvalue weighted by Gasteiger charge is 2.18. The number of nitriles is 1. The van der Waals surface area contributed by atoms with Crippen LogP contribution in [0.15, 0.2) is 42.7 Å². The van der Waals surface area contributed by atoms with Gasteiger partial charge in [0.15, 0.2) is 0 Å². The molecule has 7 heteroatoms. The van der Waals surface area contributed by atoms with Gasteiger partial charge in [-0.05, 0) is 30.3 Å². The first kappa shape index (κ1) is 15.8. The van der Waals surface area contributed by atoms with Gasteiger partial charge in [-0.25, -0.2) is 8.78 Å². The maximum atomic E-state index is 14.0. The molecule has 2 aromatic carbocycles. The van der Waals surface area contributed by atoms with E-state index in [1.165, 1.54) is 24.3 Å². The van der Waals surface area contributed by atoms with E-state index in [0.717, 1.165) is 0 Å². The molecule has 0 saturated heterocycles. The molecule has 0 fully saturated rings. The van der Waals surface area contributed by atoms with Gasteiger partial charge in [0.05, 0.1) is 22.3 Å². The number of amides is 1. The summed E-state index contributed by atoms with van der Waals surface area (Å²) in [6, 6.07) is 8.60. The molecular weight excluding hydrogens is 338 g/mol. The molecule has 1 amide bonds. The quantitative estimate of drug-likeness (QED) is 0.572. The molecular formula is C19H12F2N4O. The lowest BCUT2D eigenvalue weighted by Crippen LogP contribution is -2.11. The first-order valence-electron chi connectivity index (χ1n) is 7.74. The van der Waals surface area contributed by atoms with Crippen molar-refractivity contribution < 1.29 is 13.6 Å². The van der Waals surface area contributed by atoms with Crippen molar-refractivity contribution in [1.82, 2.24) is 9.55 Å². The maximum Gasteiger partial charge on any atom is 0.257 e. The predicted molar refractivity (Wildman–Crippen MR) is 93.8 cm³/mol. The van der Waals surface area contributed by atoms with Gasteiger partial charge < -0.3 is 14.9 Å². The minimum atomic E-state index is -0.686. The number of rotatable bonds is 2. The van der Waals surface area contributed by atoms with E-state index in [9.17, 15) is 13.6 Å². The summed E-state index contributed by atoms with van der Waals surface area (Å²) in [5, 5.41) is 12.6. The van der Waals surface area contributed by atoms with Crippen molar-refractivity contribution in [2.75, 3.05) is 5.32 Å². The smallest absolute Gasteiger partial charge is 0.257 e. The number of benzene rings is 2. The van der Waals surface area contributed by atoms with Gasteiger partial charge >= 0.3 is 0 Å². The zero-order valence-corrected chi connectivity index (χ0v) is 13.6. The van der Waals surface area contributed by atoms with Crippen LogP contribution in [0.3, 0.4) is 0 Å². The Morgan fingerprint density at radius 1 is 1.23 bits per heavy atom. The van der Waals surface area contributed by atoms with E-state index in [1.54, 1.807) is 36.1 Å². The standard InChI is InChI=1S/C19H12F2N4O/c1-25-9-14(12-6-15(21)10(7-22)4-18(12)25)19(26)24-17-8-23-16-3-2-11(20)5-13(16)17/h2-6,8-9,23H,1H3,(H,24,26). The summed E-state index contributed by atoms with van der Waals surface area (Å²) >= 11 is 0. The first-order valence-corrected chi connectivity index (χ1v) is 7.74. The Kier molecular flexibility index (Phi) is 3.48. The number of halogens is 2. The van der Waals surface area contributed by atoms with Gasteiger partial charge in [-0.2, -0.15) is 5.26 Å². The van der Waals surface area contributed by atoms with Crippen LogP contribution in [-0.4, -0.2) is 15.5 Å². The molecule has 0 aliphatic rings. The van der Waals surface area contributed by atoms with E-state index in [0.29, 0.717) is 27.5 Å². The fourth-order valence-corrected chi connectivity index (χ4v) is 3.05. The molecule has 2 N–H and O–H groups in total. The Morgan fingerprint density at radius 2 is 2.04 bits per heavy atom. The third kappa shape index (κ3) is 2.40. The Balaban J connectivity index is 1.78. The normalized spacial score (nSPS) is 11.0. The van der Waals surface area contributed by atoms with Crippen LogP contribution in [0, 0.1) is 23.0 Å². The highest BCUT2D eigenvalue weighted by atomic mass is 19.1. The molecule has 0 saturated carbocycles. The number of aromatic nitrogens is 2. The Labute approximate surface area is 146 Å². The SMILES string of the molecule is Cn1cc(C(=O)Nc2c[nH]c3ccc(F)cc23)c2cc(F)c(C#N)cc21. The average molecular weight is 350 g/mol. The van der Waals surface area contributed by atoms with Gasteiger partial charge in [-0.15, -0.1) is 0 Å². The van der Waals surface area contributed by atoms with Crippen LogP contribution in [0.2, 0.25) is 0 Å². The first-order chi connectivity index (χ1) is 12.5. The second-order valence-corrected chi connectivity index (χ2v) is 5.96. The van der Waals surface area contributed by atoms with Crippen LogP contribution in [-0.2, 0) is 7.05 Å². The van der Waals surface area contributed by atoms with Crippen LogP contribution in [0.1, 0.15) is 15.9 Å². The zero-order chi connectivity index (χ0) is 18.4. The molecule has 0 bridgehead atoms. The number of nitrogens with zero attached hydrogens (tertiary/aromatic N) is 2. The largest absolute Gasteiger partial charge is 0.359 e. The van der Waals surface area contributed by atoms with E-state index >= 15 is 0 Å². The molecule has 4 aromatic rings. The Hall–Kier alpha value is -3.66. The number of carbonyl (C=O) groups is 1. The zero-order valence-electron chi connectivity index (χ0n) is 13.6. The monoisotopic (exact) mass is 350 g/mol. The van der Waals surface area contributed by atoms with Crippen molar-refractivity contribution in [3.8, 4) is 6.07 Å². The molecule has 2 heterocycles. The van der Waals surface area contributed by atoms with E-state index in [4.69, 9.17) is 5.26 Å². The van der Waals surface area contributed by atoms with Crippen molar-refractivity contribution in [3.05, 3.63) is 65.5 Å². The van der Waals surface area contributed by atoms with Crippen molar-refractivity contribution in [2.24, 2.45) is 7.05 Å². The fraction of sp³-hybridized carbons (Fsp3) is 0.0526. The Bertz CT molecular complexity index is 1230. The number of fused-ring (bicyclic) bond motifs is 2. The number of H-pyrrole nitrogens is 1. The summed E-state index contributed by atoms with van der Waals surface area (Å²) in [4.78, 5) is 15.7. The van der Waals surface area contributed by atoms with Gasteiger partial charge in [0.2, 0.25) is 0 Å². The lowest BCUT2D eigenvalue weighted by Gasteiger charge is -2.03. The summed E-state index contributed by atoms with van der Waals surface area (Å²) in [6.45, 7) is 0. The number of carbonyl (C=O) groups excluding carboxylic acids is 1. The summed E-state index contributed by atoms with van der Waals surface area (Å²) in [5.41, 5.74) is 1.85. The molecule has 0 spiro atoms. The van der Waals surface area contributed by atoms with Gasteiger partial charge in [0.25, 0.3) is 5.91 Å². The Morgan fingerprint density at radius 3 is 2.81 bits per heavy atom. The molecule has 0 atom stereocenters. The predicted octanol–water partition coefficient (Wildman–Crippen LogP) is 4.06. The summed E-state index contributed by atoms with van der Waals surface area (Å²) in [5.74, 6) is -1.55. The number of hydrogen-bond acceptors (Lipinski definition) is 2. The maximum absolute atomic E-state index is 14.0. The van der Waals surface area contributed by atoms with Gasteiger partial charge in [0, 0.05) is 35.7 Å². The highest BCUT2D eigenvalue weighted by Crippen LogP contribution is 2.27. The second kappa shape index (κ2) is 5.70. The number of aryl methyl sites for hydroxylation is 1. The molecule has 0 unspecified atom stereocenters. The third-order valence-corrected chi connectivity index (χ3v) is 4.34. The van der Waals surface area contributed by atoms with Crippen molar-refractivity contribution in [2.45, 2.75) is 0 Å². The molecule has 26 heavy (non-hydrogen) atoms. The van der Waals surface area contributed by atoms with Crippen molar-refractivity contribution in [3.63, 3.8) is 0 Å². The molecule has 4 rings (SSSR count). The summed E-state index contributed by atoms with van der Waals surface area (Å²) in [6.07, 6.45) is 3.14. The summed E-state index contributed by atoms with van der Waals surface area (Å²) < 4.78 is 29.1. The van der Waals surface area contributed by atoms with Crippen LogP contribution in [0.4, 0.5) is 14.5 Å². The van der Waals surface area contributed by atoms with Crippen LogP contribution < -0.4 is 5.32 Å². The van der Waals surface area contributed by atoms with Gasteiger partial charge in [-0.1, -0.05) is 0 Å². The molecule has 0 aliphatic heterocycles.